The van der Waals surface area contributed by atoms with Crippen LogP contribution in [0.5, 0.6) is 0 Å². The van der Waals surface area contributed by atoms with Crippen molar-refractivity contribution in [2.24, 2.45) is 10.1 Å². The SMILES string of the molecule is CC(=O)N=S(C)(=O)CCN. The molecule has 10 heavy (non-hydrogen) atoms. The maximum absolute atomic E-state index is 11.1. The largest absolute Gasteiger partial charge is 0.330 e. The van der Waals surface area contributed by atoms with Crippen molar-refractivity contribution >= 4 is 15.6 Å². The Hall–Kier alpha value is -0.420. The summed E-state index contributed by atoms with van der Waals surface area (Å²) in [6.07, 6.45) is 1.43. The minimum absolute atomic E-state index is 0.284. The molecule has 0 spiro atoms. The van der Waals surface area contributed by atoms with E-state index in [4.69, 9.17) is 5.73 Å². The second-order valence-corrected chi connectivity index (χ2v) is 4.57. The van der Waals surface area contributed by atoms with Crippen molar-refractivity contribution in [2.45, 2.75) is 6.92 Å². The molecule has 0 saturated carbocycles. The maximum Gasteiger partial charge on any atom is 0.250 e. The maximum atomic E-state index is 11.1. The molecule has 0 rings (SSSR count). The Labute approximate surface area is 61.0 Å². The molecule has 0 aliphatic heterocycles. The van der Waals surface area contributed by atoms with Gasteiger partial charge in [0.25, 0.3) is 5.91 Å². The molecule has 0 fully saturated rings. The zero-order chi connectivity index (χ0) is 8.20. The minimum Gasteiger partial charge on any atom is -0.330 e. The van der Waals surface area contributed by atoms with E-state index in [0.717, 1.165) is 0 Å². The molecule has 1 unspecified atom stereocenters. The van der Waals surface area contributed by atoms with E-state index in [2.05, 4.69) is 4.36 Å². The summed E-state index contributed by atoms with van der Waals surface area (Å²) in [6.45, 7) is 1.58. The fourth-order valence-electron chi connectivity index (χ4n) is 0.536. The zero-order valence-corrected chi connectivity index (χ0v) is 6.98. The predicted molar refractivity (Wildman–Crippen MR) is 41.1 cm³/mol. The third kappa shape index (κ3) is 4.46. The van der Waals surface area contributed by atoms with Gasteiger partial charge in [0.1, 0.15) is 0 Å². The summed E-state index contributed by atoms with van der Waals surface area (Å²) < 4.78 is 14.5. The molecule has 5 heteroatoms. The average Bonchev–Trinajstić information content (AvgIpc) is 1.59. The van der Waals surface area contributed by atoms with Crippen LogP contribution in [0.4, 0.5) is 0 Å². The van der Waals surface area contributed by atoms with Crippen LogP contribution in [0, 0.1) is 0 Å². The Morgan fingerprint density at radius 3 is 2.50 bits per heavy atom. The third-order valence-electron chi connectivity index (χ3n) is 0.818. The summed E-state index contributed by atoms with van der Waals surface area (Å²) in [5, 5.41) is 0. The van der Waals surface area contributed by atoms with Crippen LogP contribution in [0.1, 0.15) is 6.92 Å². The highest BCUT2D eigenvalue weighted by Crippen LogP contribution is 1.89. The summed E-state index contributed by atoms with van der Waals surface area (Å²) >= 11 is 0. The third-order valence-corrected chi connectivity index (χ3v) is 2.45. The van der Waals surface area contributed by atoms with Gasteiger partial charge in [-0.05, 0) is 0 Å². The minimum atomic E-state index is -2.33. The van der Waals surface area contributed by atoms with Crippen LogP contribution in [-0.4, -0.2) is 28.7 Å². The van der Waals surface area contributed by atoms with E-state index in [1.54, 1.807) is 0 Å². The van der Waals surface area contributed by atoms with Crippen LogP contribution >= 0.6 is 0 Å². The van der Waals surface area contributed by atoms with Crippen molar-refractivity contribution in [2.75, 3.05) is 18.6 Å². The highest BCUT2D eigenvalue weighted by molar-refractivity contribution is 7.93. The van der Waals surface area contributed by atoms with Gasteiger partial charge in [0.15, 0.2) is 0 Å². The van der Waals surface area contributed by atoms with Gasteiger partial charge < -0.3 is 5.73 Å². The van der Waals surface area contributed by atoms with Crippen molar-refractivity contribution in [3.8, 4) is 0 Å². The van der Waals surface area contributed by atoms with Crippen LogP contribution in [0.25, 0.3) is 0 Å². The molecule has 0 radical (unpaired) electrons. The molecule has 0 heterocycles. The van der Waals surface area contributed by atoms with Crippen molar-refractivity contribution in [3.63, 3.8) is 0 Å². The van der Waals surface area contributed by atoms with E-state index >= 15 is 0 Å². The number of nitrogens with two attached hydrogens (primary N) is 1. The van der Waals surface area contributed by atoms with Gasteiger partial charge in [-0.25, -0.2) is 4.21 Å². The molecule has 0 saturated heterocycles. The van der Waals surface area contributed by atoms with Gasteiger partial charge in [-0.15, -0.1) is 0 Å². The highest BCUT2D eigenvalue weighted by Gasteiger charge is 1.99. The summed E-state index contributed by atoms with van der Waals surface area (Å²) in [4.78, 5) is 10.3. The predicted octanol–water partition coefficient (Wildman–Crippen LogP) is -0.411. The Morgan fingerprint density at radius 1 is 1.70 bits per heavy atom. The average molecular weight is 164 g/mol. The van der Waals surface area contributed by atoms with Gasteiger partial charge in [0.05, 0.1) is 9.73 Å². The van der Waals surface area contributed by atoms with Gasteiger partial charge in [0.2, 0.25) is 0 Å². The Bertz CT molecular complexity index is 228. The van der Waals surface area contributed by atoms with E-state index in [0.29, 0.717) is 6.54 Å². The normalized spacial score (nSPS) is 15.9. The first-order valence-electron chi connectivity index (χ1n) is 2.88. The summed E-state index contributed by atoms with van der Waals surface area (Å²) in [6, 6.07) is 0. The van der Waals surface area contributed by atoms with Crippen molar-refractivity contribution in [1.29, 1.82) is 0 Å². The lowest BCUT2D eigenvalue weighted by Crippen LogP contribution is -2.14. The summed E-state index contributed by atoms with van der Waals surface area (Å²) in [5.41, 5.74) is 5.14. The quantitative estimate of drug-likeness (QED) is 0.603. The van der Waals surface area contributed by atoms with Gasteiger partial charge in [-0.1, -0.05) is 0 Å². The van der Waals surface area contributed by atoms with E-state index in [-0.39, 0.29) is 5.75 Å². The topological polar surface area (TPSA) is 72.5 Å². The van der Waals surface area contributed by atoms with Crippen molar-refractivity contribution < 1.29 is 9.00 Å². The molecule has 0 aromatic rings. The van der Waals surface area contributed by atoms with Crippen LogP contribution < -0.4 is 5.73 Å². The van der Waals surface area contributed by atoms with E-state index in [1.807, 2.05) is 0 Å². The number of carbonyl (C=O) groups is 1. The molecule has 0 bridgehead atoms. The Morgan fingerprint density at radius 2 is 2.20 bits per heavy atom. The van der Waals surface area contributed by atoms with E-state index in [1.165, 1.54) is 13.2 Å². The molecule has 2 N–H and O–H groups in total. The van der Waals surface area contributed by atoms with Gasteiger partial charge in [-0.2, -0.15) is 4.36 Å². The van der Waals surface area contributed by atoms with Crippen LogP contribution in [0.3, 0.4) is 0 Å². The smallest absolute Gasteiger partial charge is 0.250 e. The van der Waals surface area contributed by atoms with Crippen LogP contribution in [0.2, 0.25) is 0 Å². The lowest BCUT2D eigenvalue weighted by atomic mass is 10.8. The molecule has 0 aliphatic carbocycles. The standard InChI is InChI=1S/C5H12N2O2S/c1-5(8)7-10(2,9)4-3-6/h3-4,6H2,1-2H3. The molecule has 0 aromatic heterocycles. The number of hydrogen-bond acceptors (Lipinski definition) is 3. The van der Waals surface area contributed by atoms with Gasteiger partial charge in [0, 0.05) is 25.5 Å². The van der Waals surface area contributed by atoms with E-state index < -0.39 is 15.6 Å². The molecule has 0 aromatic carbocycles. The fourth-order valence-corrected chi connectivity index (χ4v) is 1.61. The Kier molecular flexibility index (Phi) is 3.52. The van der Waals surface area contributed by atoms with Crippen LogP contribution in [0.15, 0.2) is 4.36 Å². The first-order valence-corrected chi connectivity index (χ1v) is 4.97. The number of hydrogen-bond donors (Lipinski definition) is 1. The number of carbonyl (C=O) groups excluding carboxylic acids is 1. The molecule has 0 aliphatic rings. The second kappa shape index (κ2) is 3.68. The van der Waals surface area contributed by atoms with Crippen molar-refractivity contribution in [1.82, 2.24) is 0 Å². The zero-order valence-electron chi connectivity index (χ0n) is 6.16. The molecule has 4 nitrogen and oxygen atoms in total. The van der Waals surface area contributed by atoms with Crippen molar-refractivity contribution in [3.05, 3.63) is 0 Å². The lowest BCUT2D eigenvalue weighted by molar-refractivity contribution is -0.115. The molecule has 60 valence electrons. The van der Waals surface area contributed by atoms with Gasteiger partial charge >= 0.3 is 0 Å². The number of amides is 1. The Balaban J connectivity index is 4.39. The van der Waals surface area contributed by atoms with E-state index in [9.17, 15) is 9.00 Å². The monoisotopic (exact) mass is 164 g/mol. The lowest BCUT2D eigenvalue weighted by Gasteiger charge is -1.97. The van der Waals surface area contributed by atoms with Gasteiger partial charge in [-0.3, -0.25) is 4.79 Å². The first-order chi connectivity index (χ1) is 4.48. The summed E-state index contributed by atoms with van der Waals surface area (Å²) in [5.74, 6) is -0.118. The second-order valence-electron chi connectivity index (χ2n) is 2.06. The summed E-state index contributed by atoms with van der Waals surface area (Å²) in [7, 11) is -2.33. The highest BCUT2D eigenvalue weighted by atomic mass is 32.2. The molecular formula is C5H12N2O2S. The molecular weight excluding hydrogens is 152 g/mol. The number of nitrogens with zero attached hydrogens (tertiary/aromatic N) is 1. The fraction of sp³-hybridized carbons (Fsp3) is 0.800. The first kappa shape index (κ1) is 9.58. The molecule has 1 atom stereocenters. The number of rotatable bonds is 2. The molecule has 1 amide bonds. The van der Waals surface area contributed by atoms with Crippen LogP contribution in [-0.2, 0) is 14.5 Å².